The Morgan fingerprint density at radius 2 is 1.95 bits per heavy atom. The number of likely N-dealkylation sites (N-methyl/N-ethyl adjacent to an activating group) is 1. The SMILES string of the molecule is CCNC(=NCC(=O)N(C)C)N1CCC(C)CC1.I. The molecule has 0 radical (unpaired) electrons. The third-order valence-electron chi connectivity index (χ3n) is 3.28. The molecular weight excluding hydrogens is 355 g/mol. The molecule has 1 rings (SSSR count). The predicted octanol–water partition coefficient (Wildman–Crippen LogP) is 1.39. The third kappa shape index (κ3) is 6.44. The van der Waals surface area contributed by atoms with Crippen LogP contribution in [-0.4, -0.2) is 61.9 Å². The van der Waals surface area contributed by atoms with Crippen molar-refractivity contribution in [2.45, 2.75) is 26.7 Å². The molecule has 0 saturated carbocycles. The molecule has 0 spiro atoms. The van der Waals surface area contributed by atoms with Gasteiger partial charge in [-0.05, 0) is 25.7 Å². The van der Waals surface area contributed by atoms with E-state index in [9.17, 15) is 4.79 Å². The number of halogens is 1. The summed E-state index contributed by atoms with van der Waals surface area (Å²) in [6.45, 7) is 7.46. The minimum absolute atomic E-state index is 0. The Morgan fingerprint density at radius 1 is 1.37 bits per heavy atom. The quantitative estimate of drug-likeness (QED) is 0.456. The van der Waals surface area contributed by atoms with Crippen molar-refractivity contribution in [3.05, 3.63) is 0 Å². The highest BCUT2D eigenvalue weighted by atomic mass is 127. The summed E-state index contributed by atoms with van der Waals surface area (Å²) in [5, 5.41) is 3.27. The number of rotatable bonds is 3. The molecule has 0 aromatic heterocycles. The molecule has 1 aliphatic heterocycles. The Labute approximate surface area is 133 Å². The van der Waals surface area contributed by atoms with E-state index in [1.807, 2.05) is 0 Å². The highest BCUT2D eigenvalue weighted by molar-refractivity contribution is 14.0. The zero-order valence-electron chi connectivity index (χ0n) is 12.5. The van der Waals surface area contributed by atoms with Crippen molar-refractivity contribution in [2.24, 2.45) is 10.9 Å². The van der Waals surface area contributed by atoms with Crippen LogP contribution in [0.25, 0.3) is 0 Å². The number of nitrogens with zero attached hydrogens (tertiary/aromatic N) is 3. The molecule has 0 aromatic rings. The number of hydrogen-bond acceptors (Lipinski definition) is 2. The summed E-state index contributed by atoms with van der Waals surface area (Å²) in [4.78, 5) is 19.8. The lowest BCUT2D eigenvalue weighted by atomic mass is 10.00. The van der Waals surface area contributed by atoms with Crippen molar-refractivity contribution in [1.29, 1.82) is 0 Å². The van der Waals surface area contributed by atoms with Gasteiger partial charge in [-0.3, -0.25) is 4.79 Å². The van der Waals surface area contributed by atoms with Crippen LogP contribution in [0.2, 0.25) is 0 Å². The topological polar surface area (TPSA) is 47.9 Å². The van der Waals surface area contributed by atoms with Gasteiger partial charge in [0.1, 0.15) is 6.54 Å². The molecule has 1 saturated heterocycles. The van der Waals surface area contributed by atoms with E-state index in [0.29, 0.717) is 0 Å². The van der Waals surface area contributed by atoms with Gasteiger partial charge in [0.2, 0.25) is 5.91 Å². The fourth-order valence-electron chi connectivity index (χ4n) is 1.93. The fourth-order valence-corrected chi connectivity index (χ4v) is 1.93. The van der Waals surface area contributed by atoms with E-state index in [2.05, 4.69) is 29.1 Å². The van der Waals surface area contributed by atoms with Gasteiger partial charge >= 0.3 is 0 Å². The lowest BCUT2D eigenvalue weighted by Crippen LogP contribution is -2.45. The van der Waals surface area contributed by atoms with Gasteiger partial charge in [0, 0.05) is 33.7 Å². The standard InChI is InChI=1S/C13H26N4O.HI/c1-5-14-13(15-10-12(18)16(3)4)17-8-6-11(2)7-9-17;/h11H,5-10H2,1-4H3,(H,14,15);1H. The highest BCUT2D eigenvalue weighted by Gasteiger charge is 2.18. The van der Waals surface area contributed by atoms with E-state index >= 15 is 0 Å². The maximum atomic E-state index is 11.6. The largest absolute Gasteiger partial charge is 0.357 e. The van der Waals surface area contributed by atoms with Gasteiger partial charge in [0.05, 0.1) is 0 Å². The molecule has 1 aliphatic rings. The molecule has 112 valence electrons. The second-order valence-electron chi connectivity index (χ2n) is 5.13. The first-order valence-electron chi connectivity index (χ1n) is 6.78. The van der Waals surface area contributed by atoms with E-state index < -0.39 is 0 Å². The number of hydrogen-bond donors (Lipinski definition) is 1. The third-order valence-corrected chi connectivity index (χ3v) is 3.28. The lowest BCUT2D eigenvalue weighted by Gasteiger charge is -2.33. The number of aliphatic imine (C=N–C) groups is 1. The van der Waals surface area contributed by atoms with Gasteiger partial charge in [-0.15, -0.1) is 24.0 Å². The molecule has 0 atom stereocenters. The second-order valence-corrected chi connectivity index (χ2v) is 5.13. The molecule has 1 fully saturated rings. The fraction of sp³-hybridized carbons (Fsp3) is 0.846. The van der Waals surface area contributed by atoms with E-state index in [1.54, 1.807) is 19.0 Å². The van der Waals surface area contributed by atoms with Crippen LogP contribution in [-0.2, 0) is 4.79 Å². The summed E-state index contributed by atoms with van der Waals surface area (Å²) in [7, 11) is 3.51. The molecular formula is C13H27IN4O. The maximum absolute atomic E-state index is 11.6. The molecule has 1 heterocycles. The minimum atomic E-state index is 0. The van der Waals surface area contributed by atoms with Gasteiger partial charge in [-0.1, -0.05) is 6.92 Å². The van der Waals surface area contributed by atoms with Crippen LogP contribution >= 0.6 is 24.0 Å². The molecule has 1 amide bonds. The van der Waals surface area contributed by atoms with E-state index in [-0.39, 0.29) is 36.4 Å². The highest BCUT2D eigenvalue weighted by Crippen LogP contribution is 2.15. The average Bonchev–Trinajstić information content (AvgIpc) is 2.35. The Balaban J connectivity index is 0.00000324. The second kappa shape index (κ2) is 9.39. The maximum Gasteiger partial charge on any atom is 0.243 e. The number of nitrogens with one attached hydrogen (secondary N) is 1. The van der Waals surface area contributed by atoms with Crippen molar-refractivity contribution < 1.29 is 4.79 Å². The Bertz CT molecular complexity index is 299. The van der Waals surface area contributed by atoms with Crippen molar-refractivity contribution in [3.8, 4) is 0 Å². The minimum Gasteiger partial charge on any atom is -0.357 e. The molecule has 0 unspecified atom stereocenters. The van der Waals surface area contributed by atoms with Crippen molar-refractivity contribution >= 4 is 35.8 Å². The molecule has 19 heavy (non-hydrogen) atoms. The van der Waals surface area contributed by atoms with Gasteiger partial charge in [-0.25, -0.2) is 4.99 Å². The van der Waals surface area contributed by atoms with E-state index in [1.165, 1.54) is 12.8 Å². The number of carbonyl (C=O) groups is 1. The van der Waals surface area contributed by atoms with Crippen LogP contribution < -0.4 is 5.32 Å². The Morgan fingerprint density at radius 3 is 2.42 bits per heavy atom. The molecule has 0 aromatic carbocycles. The number of amides is 1. The monoisotopic (exact) mass is 382 g/mol. The molecule has 1 N–H and O–H groups in total. The first kappa shape index (κ1) is 18.5. The number of likely N-dealkylation sites (tertiary alicyclic amines) is 1. The summed E-state index contributed by atoms with van der Waals surface area (Å²) in [6, 6.07) is 0. The van der Waals surface area contributed by atoms with Gasteiger partial charge in [-0.2, -0.15) is 0 Å². The molecule has 0 aliphatic carbocycles. The zero-order chi connectivity index (χ0) is 13.5. The smallest absolute Gasteiger partial charge is 0.243 e. The number of guanidine groups is 1. The van der Waals surface area contributed by atoms with Crippen LogP contribution in [0.15, 0.2) is 4.99 Å². The number of carbonyl (C=O) groups excluding carboxylic acids is 1. The van der Waals surface area contributed by atoms with Gasteiger partial charge in [0.25, 0.3) is 0 Å². The van der Waals surface area contributed by atoms with Crippen molar-refractivity contribution in [3.63, 3.8) is 0 Å². The molecule has 5 nitrogen and oxygen atoms in total. The number of piperidine rings is 1. The summed E-state index contributed by atoms with van der Waals surface area (Å²) in [5.74, 6) is 1.71. The van der Waals surface area contributed by atoms with Crippen LogP contribution in [0.4, 0.5) is 0 Å². The van der Waals surface area contributed by atoms with E-state index in [0.717, 1.165) is 31.5 Å². The summed E-state index contributed by atoms with van der Waals surface area (Å²) >= 11 is 0. The van der Waals surface area contributed by atoms with Gasteiger partial charge < -0.3 is 15.1 Å². The van der Waals surface area contributed by atoms with Gasteiger partial charge in [0.15, 0.2) is 5.96 Å². The first-order valence-corrected chi connectivity index (χ1v) is 6.78. The van der Waals surface area contributed by atoms with Crippen LogP contribution in [0.1, 0.15) is 26.7 Å². The average molecular weight is 382 g/mol. The van der Waals surface area contributed by atoms with Crippen molar-refractivity contribution in [1.82, 2.24) is 15.1 Å². The normalized spacial score (nSPS) is 16.8. The zero-order valence-corrected chi connectivity index (χ0v) is 14.8. The Hall–Kier alpha value is -0.530. The summed E-state index contributed by atoms with van der Waals surface area (Å²) in [5.41, 5.74) is 0. The first-order chi connectivity index (χ1) is 8.54. The Kier molecular flexibility index (Phi) is 9.12. The summed E-state index contributed by atoms with van der Waals surface area (Å²) < 4.78 is 0. The van der Waals surface area contributed by atoms with Crippen LogP contribution in [0.5, 0.6) is 0 Å². The molecule has 0 bridgehead atoms. The van der Waals surface area contributed by atoms with Crippen LogP contribution in [0.3, 0.4) is 0 Å². The predicted molar refractivity (Wildman–Crippen MR) is 90.1 cm³/mol. The molecule has 6 heteroatoms. The summed E-state index contributed by atoms with van der Waals surface area (Å²) in [6.07, 6.45) is 2.40. The van der Waals surface area contributed by atoms with Crippen molar-refractivity contribution in [2.75, 3.05) is 40.3 Å². The van der Waals surface area contributed by atoms with E-state index in [4.69, 9.17) is 0 Å². The lowest BCUT2D eigenvalue weighted by molar-refractivity contribution is -0.127. The van der Waals surface area contributed by atoms with Crippen LogP contribution in [0, 0.1) is 5.92 Å².